The zero-order valence-electron chi connectivity index (χ0n) is 10.9. The number of aromatic nitrogens is 3. The fraction of sp³-hybridized carbons (Fsp3) is 0.0667. The number of pyridine rings is 1. The van der Waals surface area contributed by atoms with Crippen LogP contribution in [0.15, 0.2) is 48.8 Å². The fourth-order valence-electron chi connectivity index (χ4n) is 2.03. The molecule has 0 bridgehead atoms. The Morgan fingerprint density at radius 2 is 1.85 bits per heavy atom. The Balaban J connectivity index is 2.08. The largest absolute Gasteiger partial charge is 0.397 e. The molecule has 100 valence electrons. The fourth-order valence-corrected chi connectivity index (χ4v) is 2.03. The van der Waals surface area contributed by atoms with Gasteiger partial charge in [-0.25, -0.2) is 4.39 Å². The normalized spacial score (nSPS) is 10.7. The van der Waals surface area contributed by atoms with Crippen molar-refractivity contribution >= 4 is 5.69 Å². The molecular weight excluding hydrogens is 255 g/mol. The van der Waals surface area contributed by atoms with Gasteiger partial charge in [0.15, 0.2) is 0 Å². The molecule has 2 heterocycles. The maximum Gasteiger partial charge on any atom is 0.123 e. The molecule has 20 heavy (non-hydrogen) atoms. The summed E-state index contributed by atoms with van der Waals surface area (Å²) in [4.78, 5) is 4.29. The van der Waals surface area contributed by atoms with Crippen LogP contribution < -0.4 is 5.73 Å². The van der Waals surface area contributed by atoms with Gasteiger partial charge >= 0.3 is 0 Å². The van der Waals surface area contributed by atoms with Crippen molar-refractivity contribution in [2.75, 3.05) is 5.73 Å². The summed E-state index contributed by atoms with van der Waals surface area (Å²) in [6.45, 7) is 0. The van der Waals surface area contributed by atoms with E-state index in [0.29, 0.717) is 5.69 Å². The van der Waals surface area contributed by atoms with Crippen LogP contribution in [0.5, 0.6) is 0 Å². The highest BCUT2D eigenvalue weighted by Crippen LogP contribution is 2.28. The van der Waals surface area contributed by atoms with Crippen LogP contribution in [0.1, 0.15) is 0 Å². The summed E-state index contributed by atoms with van der Waals surface area (Å²) in [5, 5.41) is 4.34. The number of benzene rings is 1. The molecule has 0 unspecified atom stereocenters. The highest BCUT2D eigenvalue weighted by molar-refractivity contribution is 5.77. The number of anilines is 1. The average Bonchev–Trinajstić information content (AvgIpc) is 2.87. The second-order valence-corrected chi connectivity index (χ2v) is 4.54. The first-order chi connectivity index (χ1) is 9.63. The predicted molar refractivity (Wildman–Crippen MR) is 76.2 cm³/mol. The van der Waals surface area contributed by atoms with Crippen LogP contribution in [0, 0.1) is 5.82 Å². The van der Waals surface area contributed by atoms with Gasteiger partial charge in [-0.15, -0.1) is 0 Å². The number of hydrogen-bond donors (Lipinski definition) is 1. The van der Waals surface area contributed by atoms with Crippen molar-refractivity contribution in [3.8, 4) is 22.5 Å². The second-order valence-electron chi connectivity index (χ2n) is 4.54. The van der Waals surface area contributed by atoms with Crippen molar-refractivity contribution in [3.05, 3.63) is 54.6 Å². The van der Waals surface area contributed by atoms with E-state index < -0.39 is 0 Å². The molecule has 0 radical (unpaired) electrons. The molecule has 0 saturated heterocycles. The van der Waals surface area contributed by atoms with Crippen molar-refractivity contribution in [1.82, 2.24) is 14.8 Å². The van der Waals surface area contributed by atoms with E-state index in [1.54, 1.807) is 23.0 Å². The molecule has 3 rings (SSSR count). The topological polar surface area (TPSA) is 56.7 Å². The quantitative estimate of drug-likeness (QED) is 0.777. The van der Waals surface area contributed by atoms with Crippen molar-refractivity contribution in [2.45, 2.75) is 0 Å². The predicted octanol–water partition coefficient (Wildman–Crippen LogP) is 2.87. The van der Waals surface area contributed by atoms with Gasteiger partial charge in [0.05, 0.1) is 23.3 Å². The van der Waals surface area contributed by atoms with E-state index in [0.717, 1.165) is 22.5 Å². The van der Waals surface area contributed by atoms with Gasteiger partial charge in [0.2, 0.25) is 0 Å². The molecule has 0 aliphatic heterocycles. The number of hydrogen-bond acceptors (Lipinski definition) is 3. The van der Waals surface area contributed by atoms with E-state index in [-0.39, 0.29) is 5.82 Å². The van der Waals surface area contributed by atoms with Gasteiger partial charge in [-0.05, 0) is 36.4 Å². The zero-order chi connectivity index (χ0) is 14.1. The van der Waals surface area contributed by atoms with Crippen molar-refractivity contribution < 1.29 is 4.39 Å². The van der Waals surface area contributed by atoms with Crippen LogP contribution in [-0.4, -0.2) is 14.8 Å². The lowest BCUT2D eigenvalue weighted by Gasteiger charge is -2.06. The number of rotatable bonds is 2. The second kappa shape index (κ2) is 4.77. The van der Waals surface area contributed by atoms with Crippen LogP contribution in [-0.2, 0) is 7.05 Å². The van der Waals surface area contributed by atoms with E-state index in [4.69, 9.17) is 5.73 Å². The molecule has 0 aliphatic carbocycles. The Morgan fingerprint density at radius 3 is 2.50 bits per heavy atom. The monoisotopic (exact) mass is 268 g/mol. The molecule has 4 nitrogen and oxygen atoms in total. The summed E-state index contributed by atoms with van der Waals surface area (Å²) in [6, 6.07) is 9.96. The van der Waals surface area contributed by atoms with Crippen LogP contribution in [0.2, 0.25) is 0 Å². The van der Waals surface area contributed by atoms with Gasteiger partial charge in [-0.3, -0.25) is 9.67 Å². The minimum Gasteiger partial charge on any atom is -0.397 e. The third kappa shape index (κ3) is 2.25. The molecule has 3 aromatic rings. The third-order valence-corrected chi connectivity index (χ3v) is 3.06. The van der Waals surface area contributed by atoms with E-state index in [9.17, 15) is 4.39 Å². The van der Waals surface area contributed by atoms with Crippen molar-refractivity contribution in [2.24, 2.45) is 7.05 Å². The first-order valence-electron chi connectivity index (χ1n) is 6.15. The minimum atomic E-state index is -0.269. The molecular formula is C15H13FN4. The van der Waals surface area contributed by atoms with Gasteiger partial charge in [-0.1, -0.05) is 0 Å². The Hall–Kier alpha value is -2.69. The summed E-state index contributed by atoms with van der Waals surface area (Å²) >= 11 is 0. The molecule has 2 aromatic heterocycles. The Kier molecular flexibility index (Phi) is 2.95. The molecule has 0 amide bonds. The molecule has 0 aliphatic rings. The molecule has 2 N–H and O–H groups in total. The summed E-state index contributed by atoms with van der Waals surface area (Å²) in [7, 11) is 1.85. The molecule has 0 atom stereocenters. The number of nitrogen functional groups attached to an aromatic ring is 1. The lowest BCUT2D eigenvalue weighted by Crippen LogP contribution is -1.95. The average molecular weight is 268 g/mol. The minimum absolute atomic E-state index is 0.269. The Bertz CT molecular complexity index is 747. The van der Waals surface area contributed by atoms with Gasteiger partial charge in [0, 0.05) is 24.4 Å². The molecule has 0 fully saturated rings. The van der Waals surface area contributed by atoms with Gasteiger partial charge in [0.25, 0.3) is 0 Å². The summed E-state index contributed by atoms with van der Waals surface area (Å²) in [5.41, 5.74) is 9.71. The lowest BCUT2D eigenvalue weighted by atomic mass is 10.1. The molecule has 0 spiro atoms. The Morgan fingerprint density at radius 1 is 1.10 bits per heavy atom. The van der Waals surface area contributed by atoms with E-state index >= 15 is 0 Å². The highest BCUT2D eigenvalue weighted by Gasteiger charge is 2.09. The van der Waals surface area contributed by atoms with Crippen LogP contribution >= 0.6 is 0 Å². The zero-order valence-corrected chi connectivity index (χ0v) is 10.9. The number of nitrogens with two attached hydrogens (primary N) is 1. The molecule has 0 saturated carbocycles. The number of nitrogens with zero attached hydrogens (tertiary/aromatic N) is 3. The summed E-state index contributed by atoms with van der Waals surface area (Å²) in [5.74, 6) is -0.269. The molecule has 1 aromatic carbocycles. The molecule has 5 heteroatoms. The van der Waals surface area contributed by atoms with E-state index in [1.165, 1.54) is 12.1 Å². The van der Waals surface area contributed by atoms with Gasteiger partial charge in [0.1, 0.15) is 5.82 Å². The van der Waals surface area contributed by atoms with Crippen LogP contribution in [0.4, 0.5) is 10.1 Å². The number of aryl methyl sites for hydroxylation is 1. The third-order valence-electron chi connectivity index (χ3n) is 3.06. The first kappa shape index (κ1) is 12.3. The van der Waals surface area contributed by atoms with Gasteiger partial charge < -0.3 is 5.73 Å². The first-order valence-corrected chi connectivity index (χ1v) is 6.15. The smallest absolute Gasteiger partial charge is 0.123 e. The van der Waals surface area contributed by atoms with Crippen LogP contribution in [0.3, 0.4) is 0 Å². The SMILES string of the molecule is Cn1ccc(-c2cc(-c3ccc(F)cc3)ncc2N)n1. The summed E-state index contributed by atoms with van der Waals surface area (Å²) in [6.07, 6.45) is 3.45. The van der Waals surface area contributed by atoms with E-state index in [2.05, 4.69) is 10.1 Å². The maximum absolute atomic E-state index is 13.0. The van der Waals surface area contributed by atoms with Gasteiger partial charge in [-0.2, -0.15) is 5.10 Å². The summed E-state index contributed by atoms with van der Waals surface area (Å²) < 4.78 is 14.7. The Labute approximate surface area is 115 Å². The standard InChI is InChI=1S/C15H13FN4/c1-20-7-6-14(19-20)12-8-15(18-9-13(12)17)10-2-4-11(16)5-3-10/h2-9H,17H2,1H3. The number of halogens is 1. The highest BCUT2D eigenvalue weighted by atomic mass is 19.1. The van der Waals surface area contributed by atoms with E-state index in [1.807, 2.05) is 25.4 Å². The van der Waals surface area contributed by atoms with Crippen molar-refractivity contribution in [1.29, 1.82) is 0 Å². The van der Waals surface area contributed by atoms with Crippen molar-refractivity contribution in [3.63, 3.8) is 0 Å². The maximum atomic E-state index is 13.0. The van der Waals surface area contributed by atoms with Crippen LogP contribution in [0.25, 0.3) is 22.5 Å². The lowest BCUT2D eigenvalue weighted by molar-refractivity contribution is 0.628.